The lowest BCUT2D eigenvalue weighted by molar-refractivity contribution is 0.274. The maximum absolute atomic E-state index is 9.44. The second kappa shape index (κ2) is 5.45. The molecule has 0 saturated carbocycles. The number of hydrogen-bond donors (Lipinski definition) is 1. The molecule has 0 saturated heterocycles. The summed E-state index contributed by atoms with van der Waals surface area (Å²) in [6.45, 7) is 6.05. The lowest BCUT2D eigenvalue weighted by Crippen LogP contribution is -2.00. The van der Waals surface area contributed by atoms with Crippen molar-refractivity contribution in [1.82, 2.24) is 9.78 Å². The largest absolute Gasteiger partial charge is 0.439 e. The molecule has 2 rings (SSSR count). The summed E-state index contributed by atoms with van der Waals surface area (Å²) in [6.07, 6.45) is 0. The number of aryl methyl sites for hydroxylation is 2. The van der Waals surface area contributed by atoms with Crippen molar-refractivity contribution in [2.75, 3.05) is 0 Å². The first-order valence-corrected chi connectivity index (χ1v) is 6.44. The van der Waals surface area contributed by atoms with Crippen LogP contribution in [0.2, 0.25) is 0 Å². The Morgan fingerprint density at radius 3 is 2.63 bits per heavy atom. The Morgan fingerprint density at radius 1 is 1.32 bits per heavy atom. The molecule has 4 heteroatoms. The Bertz CT molecular complexity index is 574. The summed E-state index contributed by atoms with van der Waals surface area (Å²) < 4.78 is 7.65. The zero-order chi connectivity index (χ0) is 14.0. The van der Waals surface area contributed by atoms with Crippen LogP contribution in [-0.4, -0.2) is 14.9 Å². The van der Waals surface area contributed by atoms with Gasteiger partial charge in [-0.1, -0.05) is 32.0 Å². The number of aromatic nitrogens is 2. The Balaban J connectivity index is 2.42. The molecule has 0 amide bonds. The van der Waals surface area contributed by atoms with Crippen LogP contribution in [-0.2, 0) is 13.7 Å². The first kappa shape index (κ1) is 13.6. The van der Waals surface area contributed by atoms with Crippen molar-refractivity contribution in [3.8, 4) is 11.6 Å². The van der Waals surface area contributed by atoms with Gasteiger partial charge in [0.15, 0.2) is 0 Å². The monoisotopic (exact) mass is 260 g/mol. The van der Waals surface area contributed by atoms with E-state index in [-0.39, 0.29) is 6.61 Å². The smallest absolute Gasteiger partial charge is 0.223 e. The van der Waals surface area contributed by atoms with Gasteiger partial charge in [-0.2, -0.15) is 5.10 Å². The van der Waals surface area contributed by atoms with Gasteiger partial charge in [-0.3, -0.25) is 0 Å². The van der Waals surface area contributed by atoms with E-state index in [1.165, 1.54) is 0 Å². The maximum Gasteiger partial charge on any atom is 0.223 e. The van der Waals surface area contributed by atoms with Gasteiger partial charge in [0.1, 0.15) is 5.75 Å². The Labute approximate surface area is 113 Å². The number of hydrogen-bond acceptors (Lipinski definition) is 3. The topological polar surface area (TPSA) is 47.3 Å². The fourth-order valence-electron chi connectivity index (χ4n) is 2.15. The van der Waals surface area contributed by atoms with E-state index in [4.69, 9.17) is 4.74 Å². The van der Waals surface area contributed by atoms with E-state index in [1.54, 1.807) is 4.68 Å². The Hall–Kier alpha value is -1.81. The van der Waals surface area contributed by atoms with Crippen molar-refractivity contribution >= 4 is 0 Å². The van der Waals surface area contributed by atoms with Gasteiger partial charge in [-0.15, -0.1) is 0 Å². The second-order valence-electron chi connectivity index (χ2n) is 4.95. The molecular formula is C15H20N2O2. The Morgan fingerprint density at radius 2 is 2.00 bits per heavy atom. The standard InChI is InChI=1S/C15H20N2O2/c1-10(2)12-7-5-6-8-14(12)19-15-13(9-18)11(3)16-17(15)4/h5-8,10,18H,9H2,1-4H3. The van der Waals surface area contributed by atoms with E-state index < -0.39 is 0 Å². The number of aliphatic hydroxyl groups is 1. The van der Waals surface area contributed by atoms with Crippen LogP contribution in [0.15, 0.2) is 24.3 Å². The lowest BCUT2D eigenvalue weighted by Gasteiger charge is -2.14. The third-order valence-electron chi connectivity index (χ3n) is 3.19. The second-order valence-corrected chi connectivity index (χ2v) is 4.95. The number of ether oxygens (including phenoxy) is 1. The van der Waals surface area contributed by atoms with Crippen molar-refractivity contribution in [2.45, 2.75) is 33.3 Å². The number of aliphatic hydroxyl groups excluding tert-OH is 1. The molecule has 0 atom stereocenters. The third kappa shape index (κ3) is 2.63. The molecular weight excluding hydrogens is 240 g/mol. The molecule has 0 aliphatic carbocycles. The molecule has 0 radical (unpaired) electrons. The summed E-state index contributed by atoms with van der Waals surface area (Å²) in [4.78, 5) is 0. The molecule has 1 heterocycles. The molecule has 0 unspecified atom stereocenters. The minimum atomic E-state index is -0.0706. The maximum atomic E-state index is 9.44. The average molecular weight is 260 g/mol. The van der Waals surface area contributed by atoms with Crippen molar-refractivity contribution < 1.29 is 9.84 Å². The van der Waals surface area contributed by atoms with Gasteiger partial charge in [0, 0.05) is 7.05 Å². The molecule has 2 aromatic rings. The van der Waals surface area contributed by atoms with Crippen LogP contribution < -0.4 is 4.74 Å². The van der Waals surface area contributed by atoms with Crippen LogP contribution >= 0.6 is 0 Å². The third-order valence-corrected chi connectivity index (χ3v) is 3.19. The zero-order valence-corrected chi connectivity index (χ0v) is 11.8. The van der Waals surface area contributed by atoms with Gasteiger partial charge in [-0.25, -0.2) is 4.68 Å². The average Bonchev–Trinajstić information content (AvgIpc) is 2.64. The Kier molecular flexibility index (Phi) is 3.90. The first-order valence-electron chi connectivity index (χ1n) is 6.44. The fraction of sp³-hybridized carbons (Fsp3) is 0.400. The molecule has 0 spiro atoms. The van der Waals surface area contributed by atoms with Crippen LogP contribution in [0, 0.1) is 6.92 Å². The quantitative estimate of drug-likeness (QED) is 0.918. The first-order chi connectivity index (χ1) is 9.04. The highest BCUT2D eigenvalue weighted by molar-refractivity contribution is 5.40. The lowest BCUT2D eigenvalue weighted by atomic mass is 10.0. The molecule has 1 aromatic heterocycles. The van der Waals surface area contributed by atoms with Crippen LogP contribution in [0.3, 0.4) is 0 Å². The summed E-state index contributed by atoms with van der Waals surface area (Å²) in [6, 6.07) is 7.95. The minimum Gasteiger partial charge on any atom is -0.439 e. The van der Waals surface area contributed by atoms with E-state index in [0.717, 1.165) is 22.6 Å². The van der Waals surface area contributed by atoms with Crippen molar-refractivity contribution in [2.24, 2.45) is 7.05 Å². The molecule has 4 nitrogen and oxygen atoms in total. The summed E-state index contributed by atoms with van der Waals surface area (Å²) in [5.74, 6) is 1.80. The van der Waals surface area contributed by atoms with Crippen molar-refractivity contribution in [3.05, 3.63) is 41.1 Å². The number of nitrogens with zero attached hydrogens (tertiary/aromatic N) is 2. The van der Waals surface area contributed by atoms with Crippen LogP contribution in [0.4, 0.5) is 0 Å². The SMILES string of the molecule is Cc1nn(C)c(Oc2ccccc2C(C)C)c1CO. The fourth-order valence-corrected chi connectivity index (χ4v) is 2.15. The highest BCUT2D eigenvalue weighted by Gasteiger charge is 2.16. The normalized spacial score (nSPS) is 11.1. The summed E-state index contributed by atoms with van der Waals surface area (Å²) in [5, 5.41) is 13.7. The zero-order valence-electron chi connectivity index (χ0n) is 11.8. The van der Waals surface area contributed by atoms with E-state index in [1.807, 2.05) is 32.2 Å². The van der Waals surface area contributed by atoms with Crippen molar-refractivity contribution in [3.63, 3.8) is 0 Å². The van der Waals surface area contributed by atoms with Crippen molar-refractivity contribution in [1.29, 1.82) is 0 Å². The summed E-state index contributed by atoms with van der Waals surface area (Å²) in [5.41, 5.74) is 2.67. The summed E-state index contributed by atoms with van der Waals surface area (Å²) in [7, 11) is 1.82. The van der Waals surface area contributed by atoms with E-state index in [9.17, 15) is 5.11 Å². The predicted molar refractivity (Wildman–Crippen MR) is 74.5 cm³/mol. The molecule has 0 fully saturated rings. The van der Waals surface area contributed by atoms with Gasteiger partial charge >= 0.3 is 0 Å². The van der Waals surface area contributed by atoms with Gasteiger partial charge in [-0.05, 0) is 24.5 Å². The van der Waals surface area contributed by atoms with E-state index in [0.29, 0.717) is 11.8 Å². The van der Waals surface area contributed by atoms with Crippen LogP contribution in [0.25, 0.3) is 0 Å². The summed E-state index contributed by atoms with van der Waals surface area (Å²) >= 11 is 0. The van der Waals surface area contributed by atoms with Gasteiger partial charge in [0.05, 0.1) is 17.9 Å². The molecule has 0 aliphatic rings. The highest BCUT2D eigenvalue weighted by atomic mass is 16.5. The van der Waals surface area contributed by atoms with Crippen LogP contribution in [0.5, 0.6) is 11.6 Å². The molecule has 1 N–H and O–H groups in total. The van der Waals surface area contributed by atoms with Gasteiger partial charge < -0.3 is 9.84 Å². The molecule has 102 valence electrons. The predicted octanol–water partition coefficient (Wildman–Crippen LogP) is 3.14. The van der Waals surface area contributed by atoms with Gasteiger partial charge in [0.25, 0.3) is 0 Å². The number of para-hydroxylation sites is 1. The molecule has 19 heavy (non-hydrogen) atoms. The highest BCUT2D eigenvalue weighted by Crippen LogP contribution is 2.32. The molecule has 1 aromatic carbocycles. The molecule has 0 aliphatic heterocycles. The number of benzene rings is 1. The number of rotatable bonds is 4. The van der Waals surface area contributed by atoms with Crippen LogP contribution in [0.1, 0.15) is 36.6 Å². The molecule has 0 bridgehead atoms. The van der Waals surface area contributed by atoms with E-state index in [2.05, 4.69) is 25.0 Å². The minimum absolute atomic E-state index is 0.0706. The van der Waals surface area contributed by atoms with Gasteiger partial charge in [0.2, 0.25) is 5.88 Å². The van der Waals surface area contributed by atoms with E-state index >= 15 is 0 Å².